The molecule has 0 spiro atoms. The fraction of sp³-hybridized carbons (Fsp3) is 0.286. The number of likely N-dealkylation sites (tertiary alicyclic amines) is 1. The summed E-state index contributed by atoms with van der Waals surface area (Å²) in [6.45, 7) is 2.48. The summed E-state index contributed by atoms with van der Waals surface area (Å²) in [7, 11) is 0. The predicted octanol–water partition coefficient (Wildman–Crippen LogP) is 4.06. The SMILES string of the molecule is N/C(=C\C=C/F)C1CCN(CCC(=O)c2ccc3ccccc3c2)C1. The molecule has 1 fully saturated rings. The van der Waals surface area contributed by atoms with Crippen molar-refractivity contribution in [3.8, 4) is 0 Å². The maximum atomic E-state index is 12.5. The summed E-state index contributed by atoms with van der Waals surface area (Å²) in [6, 6.07) is 13.9. The molecule has 2 aromatic carbocycles. The average Bonchev–Trinajstić information content (AvgIpc) is 3.13. The summed E-state index contributed by atoms with van der Waals surface area (Å²) in [5.41, 5.74) is 7.45. The molecule has 2 aromatic rings. The molecule has 3 nitrogen and oxygen atoms in total. The number of carbonyl (C=O) groups excluding carboxylic acids is 1. The molecule has 0 saturated carbocycles. The van der Waals surface area contributed by atoms with Crippen molar-refractivity contribution < 1.29 is 9.18 Å². The number of hydrogen-bond donors (Lipinski definition) is 1. The van der Waals surface area contributed by atoms with Gasteiger partial charge in [-0.1, -0.05) is 36.4 Å². The Hall–Kier alpha value is -2.46. The third-order valence-corrected chi connectivity index (χ3v) is 4.83. The van der Waals surface area contributed by atoms with E-state index in [1.807, 2.05) is 42.5 Å². The number of benzene rings is 2. The van der Waals surface area contributed by atoms with E-state index in [-0.39, 0.29) is 11.7 Å². The fourth-order valence-corrected chi connectivity index (χ4v) is 3.36. The molecular weight excluding hydrogens is 315 g/mol. The third-order valence-electron chi connectivity index (χ3n) is 4.83. The Morgan fingerprint density at radius 2 is 2.04 bits per heavy atom. The Labute approximate surface area is 147 Å². The van der Waals surface area contributed by atoms with Crippen molar-refractivity contribution in [2.75, 3.05) is 19.6 Å². The van der Waals surface area contributed by atoms with Crippen molar-refractivity contribution in [3.05, 3.63) is 72.2 Å². The molecule has 0 amide bonds. The van der Waals surface area contributed by atoms with Gasteiger partial charge in [-0.25, -0.2) is 4.39 Å². The summed E-state index contributed by atoms with van der Waals surface area (Å²) >= 11 is 0. The van der Waals surface area contributed by atoms with Crippen LogP contribution in [-0.2, 0) is 0 Å². The second-order valence-electron chi connectivity index (χ2n) is 6.51. The van der Waals surface area contributed by atoms with Crippen molar-refractivity contribution in [2.45, 2.75) is 12.8 Å². The number of nitrogens with two attached hydrogens (primary N) is 1. The van der Waals surface area contributed by atoms with Crippen molar-refractivity contribution in [1.29, 1.82) is 0 Å². The van der Waals surface area contributed by atoms with E-state index >= 15 is 0 Å². The number of allylic oxidation sites excluding steroid dienone is 2. The van der Waals surface area contributed by atoms with Gasteiger partial charge in [-0.3, -0.25) is 4.79 Å². The van der Waals surface area contributed by atoms with Gasteiger partial charge in [0.2, 0.25) is 0 Å². The van der Waals surface area contributed by atoms with Gasteiger partial charge in [0.15, 0.2) is 5.78 Å². The summed E-state index contributed by atoms with van der Waals surface area (Å²) in [6.07, 6.45) is 4.88. The summed E-state index contributed by atoms with van der Waals surface area (Å²) in [5, 5.41) is 2.24. The second kappa shape index (κ2) is 8.08. The summed E-state index contributed by atoms with van der Waals surface area (Å²) < 4.78 is 12.1. The minimum atomic E-state index is 0.165. The van der Waals surface area contributed by atoms with Gasteiger partial charge in [0, 0.05) is 36.7 Å². The Morgan fingerprint density at radius 3 is 2.84 bits per heavy atom. The number of halogens is 1. The minimum absolute atomic E-state index is 0.165. The highest BCUT2D eigenvalue weighted by Crippen LogP contribution is 2.22. The average molecular weight is 338 g/mol. The molecule has 0 aromatic heterocycles. The molecule has 0 radical (unpaired) electrons. The van der Waals surface area contributed by atoms with E-state index in [9.17, 15) is 9.18 Å². The van der Waals surface area contributed by atoms with Crippen LogP contribution in [0, 0.1) is 5.92 Å². The molecule has 1 saturated heterocycles. The van der Waals surface area contributed by atoms with Gasteiger partial charge >= 0.3 is 0 Å². The van der Waals surface area contributed by atoms with Crippen LogP contribution in [0.4, 0.5) is 4.39 Å². The highest BCUT2D eigenvalue weighted by Gasteiger charge is 2.24. The normalized spacial score (nSPS) is 19.1. The van der Waals surface area contributed by atoms with Crippen LogP contribution in [0.5, 0.6) is 0 Å². The summed E-state index contributed by atoms with van der Waals surface area (Å²) in [4.78, 5) is 14.7. The third kappa shape index (κ3) is 4.34. The van der Waals surface area contributed by atoms with E-state index in [0.717, 1.165) is 42.4 Å². The fourth-order valence-electron chi connectivity index (χ4n) is 3.36. The van der Waals surface area contributed by atoms with Crippen molar-refractivity contribution >= 4 is 16.6 Å². The van der Waals surface area contributed by atoms with Gasteiger partial charge in [0.05, 0.1) is 6.33 Å². The van der Waals surface area contributed by atoms with Crippen molar-refractivity contribution in [2.24, 2.45) is 11.7 Å². The van der Waals surface area contributed by atoms with Crippen LogP contribution in [0.3, 0.4) is 0 Å². The van der Waals surface area contributed by atoms with Crippen LogP contribution in [0.15, 0.2) is 66.6 Å². The lowest BCUT2D eigenvalue weighted by molar-refractivity contribution is 0.0968. The molecule has 1 aliphatic heterocycles. The topological polar surface area (TPSA) is 46.3 Å². The van der Waals surface area contributed by atoms with E-state index in [4.69, 9.17) is 5.73 Å². The van der Waals surface area contributed by atoms with Crippen molar-refractivity contribution in [1.82, 2.24) is 4.90 Å². The minimum Gasteiger partial charge on any atom is -0.402 e. The zero-order valence-corrected chi connectivity index (χ0v) is 14.2. The molecule has 2 N–H and O–H groups in total. The molecule has 1 heterocycles. The Kier molecular flexibility index (Phi) is 5.61. The first-order chi connectivity index (χ1) is 12.2. The second-order valence-corrected chi connectivity index (χ2v) is 6.51. The lowest BCUT2D eigenvalue weighted by atomic mass is 10.0. The number of hydrogen-bond acceptors (Lipinski definition) is 3. The van der Waals surface area contributed by atoms with Gasteiger partial charge in [0.1, 0.15) is 0 Å². The highest BCUT2D eigenvalue weighted by molar-refractivity contribution is 6.00. The molecule has 0 bridgehead atoms. The van der Waals surface area contributed by atoms with E-state index < -0.39 is 0 Å². The van der Waals surface area contributed by atoms with Gasteiger partial charge in [0.25, 0.3) is 0 Å². The summed E-state index contributed by atoms with van der Waals surface area (Å²) in [5.74, 6) is 0.407. The number of fused-ring (bicyclic) bond motifs is 1. The Bertz CT molecular complexity index is 812. The zero-order valence-electron chi connectivity index (χ0n) is 14.2. The largest absolute Gasteiger partial charge is 0.402 e. The predicted molar refractivity (Wildman–Crippen MR) is 100.0 cm³/mol. The molecule has 1 unspecified atom stereocenters. The monoisotopic (exact) mass is 338 g/mol. The van der Waals surface area contributed by atoms with Crippen LogP contribution in [0.2, 0.25) is 0 Å². The maximum absolute atomic E-state index is 12.5. The lowest BCUT2D eigenvalue weighted by Gasteiger charge is -2.15. The molecule has 130 valence electrons. The van der Waals surface area contributed by atoms with Crippen LogP contribution >= 0.6 is 0 Å². The first-order valence-corrected chi connectivity index (χ1v) is 8.64. The highest BCUT2D eigenvalue weighted by atomic mass is 19.1. The van der Waals surface area contributed by atoms with Crippen LogP contribution < -0.4 is 5.73 Å². The number of ketones is 1. The number of carbonyl (C=O) groups is 1. The quantitative estimate of drug-likeness (QED) is 0.638. The van der Waals surface area contributed by atoms with Gasteiger partial charge in [-0.05, 0) is 42.0 Å². The molecule has 25 heavy (non-hydrogen) atoms. The number of Topliss-reactive ketones (excluding diaryl/α,β-unsaturated/α-hetero) is 1. The van der Waals surface area contributed by atoms with E-state index in [0.29, 0.717) is 18.4 Å². The zero-order chi connectivity index (χ0) is 17.6. The molecule has 1 aliphatic rings. The van der Waals surface area contributed by atoms with Crippen LogP contribution in [0.25, 0.3) is 10.8 Å². The standard InChI is InChI=1S/C21H23FN2O/c22-11-3-6-20(23)19-9-12-24(15-19)13-10-21(25)18-8-7-16-4-1-2-5-17(16)14-18/h1-8,11,14,19H,9-10,12-13,15,23H2/b11-3-,20-6-. The smallest absolute Gasteiger partial charge is 0.164 e. The number of nitrogens with zero attached hydrogens (tertiary/aromatic N) is 1. The van der Waals surface area contributed by atoms with Gasteiger partial charge in [-0.15, -0.1) is 0 Å². The van der Waals surface area contributed by atoms with Crippen molar-refractivity contribution in [3.63, 3.8) is 0 Å². The van der Waals surface area contributed by atoms with Gasteiger partial charge in [-0.2, -0.15) is 0 Å². The first kappa shape index (κ1) is 17.4. The molecule has 4 heteroatoms. The van der Waals surface area contributed by atoms with E-state index in [1.165, 1.54) is 6.08 Å². The van der Waals surface area contributed by atoms with E-state index in [2.05, 4.69) is 4.90 Å². The molecule has 3 rings (SSSR count). The Morgan fingerprint density at radius 1 is 1.24 bits per heavy atom. The van der Waals surface area contributed by atoms with E-state index in [1.54, 1.807) is 6.08 Å². The number of rotatable bonds is 6. The maximum Gasteiger partial charge on any atom is 0.164 e. The molecule has 1 atom stereocenters. The van der Waals surface area contributed by atoms with Gasteiger partial charge < -0.3 is 10.6 Å². The molecule has 0 aliphatic carbocycles. The molecular formula is C21H23FN2O. The van der Waals surface area contributed by atoms with Crippen LogP contribution in [0.1, 0.15) is 23.2 Å². The lowest BCUT2D eigenvalue weighted by Crippen LogP contribution is -2.25. The first-order valence-electron chi connectivity index (χ1n) is 8.64. The Balaban J connectivity index is 1.55. The van der Waals surface area contributed by atoms with Crippen LogP contribution in [-0.4, -0.2) is 30.3 Å².